The van der Waals surface area contributed by atoms with Crippen LogP contribution in [0.25, 0.3) is 0 Å². The van der Waals surface area contributed by atoms with Gasteiger partial charge in [0.05, 0.1) is 17.0 Å². The number of rotatable bonds is 2. The lowest BCUT2D eigenvalue weighted by atomic mass is 9.95. The van der Waals surface area contributed by atoms with Gasteiger partial charge in [0.15, 0.2) is 0 Å². The van der Waals surface area contributed by atoms with Crippen LogP contribution in [-0.2, 0) is 5.41 Å². The molecule has 0 amide bonds. The second kappa shape index (κ2) is 2.99. The first-order valence-electron chi connectivity index (χ1n) is 4.64. The highest BCUT2D eigenvalue weighted by atomic mass is 16.4. The molecule has 0 saturated heterocycles. The van der Waals surface area contributed by atoms with Crippen molar-refractivity contribution < 1.29 is 9.90 Å². The van der Waals surface area contributed by atoms with Gasteiger partial charge in [0.25, 0.3) is 0 Å². The molecule has 1 aromatic rings. The third-order valence-electron chi connectivity index (χ3n) is 2.80. The summed E-state index contributed by atoms with van der Waals surface area (Å²) in [6.07, 6.45) is 1.60. The van der Waals surface area contributed by atoms with Crippen molar-refractivity contribution in [2.75, 3.05) is 5.73 Å². The number of nitriles is 1. The van der Waals surface area contributed by atoms with E-state index >= 15 is 0 Å². The Labute approximate surface area is 86.9 Å². The molecule has 1 aliphatic rings. The summed E-state index contributed by atoms with van der Waals surface area (Å²) >= 11 is 0. The van der Waals surface area contributed by atoms with Gasteiger partial charge in [-0.3, -0.25) is 0 Å². The lowest BCUT2D eigenvalue weighted by Gasteiger charge is -2.08. The van der Waals surface area contributed by atoms with Crippen molar-refractivity contribution in [1.29, 1.82) is 5.26 Å². The van der Waals surface area contributed by atoms with Crippen molar-refractivity contribution in [1.82, 2.24) is 0 Å². The molecule has 1 saturated carbocycles. The average Bonchev–Trinajstić information content (AvgIpc) is 2.99. The summed E-state index contributed by atoms with van der Waals surface area (Å²) < 4.78 is 0. The van der Waals surface area contributed by atoms with Crippen LogP contribution in [0.1, 0.15) is 28.8 Å². The van der Waals surface area contributed by atoms with Crippen molar-refractivity contribution >= 4 is 11.7 Å². The fourth-order valence-corrected chi connectivity index (χ4v) is 1.63. The first-order chi connectivity index (χ1) is 7.09. The van der Waals surface area contributed by atoms with Gasteiger partial charge in [-0.15, -0.1) is 0 Å². The quantitative estimate of drug-likeness (QED) is 0.712. The van der Waals surface area contributed by atoms with Gasteiger partial charge in [-0.25, -0.2) is 4.79 Å². The second-order valence-electron chi connectivity index (χ2n) is 3.80. The predicted octanol–water partition coefficient (Wildman–Crippen LogP) is 1.52. The number of aromatic carboxylic acids is 1. The molecule has 0 aromatic heterocycles. The number of benzene rings is 1. The molecule has 0 heterocycles. The minimum Gasteiger partial charge on any atom is -0.478 e. The molecule has 0 spiro atoms. The van der Waals surface area contributed by atoms with Crippen molar-refractivity contribution in [3.05, 3.63) is 29.3 Å². The fraction of sp³-hybridized carbons (Fsp3) is 0.273. The molecule has 1 aromatic carbocycles. The first kappa shape index (κ1) is 9.53. The van der Waals surface area contributed by atoms with Gasteiger partial charge < -0.3 is 10.8 Å². The van der Waals surface area contributed by atoms with Crippen LogP contribution in [0.15, 0.2) is 18.2 Å². The summed E-state index contributed by atoms with van der Waals surface area (Å²) in [5.74, 6) is -1.05. The van der Waals surface area contributed by atoms with Gasteiger partial charge >= 0.3 is 5.97 Å². The number of carboxylic acid groups (broad SMARTS) is 1. The largest absolute Gasteiger partial charge is 0.478 e. The van der Waals surface area contributed by atoms with Crippen LogP contribution < -0.4 is 5.73 Å². The number of carbonyl (C=O) groups is 1. The maximum atomic E-state index is 10.8. The first-order valence-corrected chi connectivity index (χ1v) is 4.64. The Hall–Kier alpha value is -2.02. The zero-order valence-corrected chi connectivity index (χ0v) is 8.03. The van der Waals surface area contributed by atoms with E-state index in [4.69, 9.17) is 16.1 Å². The summed E-state index contributed by atoms with van der Waals surface area (Å²) in [6.45, 7) is 0. The minimum absolute atomic E-state index is 0.0778. The monoisotopic (exact) mass is 202 g/mol. The van der Waals surface area contributed by atoms with Gasteiger partial charge in [-0.1, -0.05) is 6.07 Å². The number of carboxylic acids is 1. The second-order valence-corrected chi connectivity index (χ2v) is 3.80. The zero-order valence-electron chi connectivity index (χ0n) is 8.03. The van der Waals surface area contributed by atoms with Crippen LogP contribution in [0.4, 0.5) is 5.69 Å². The Morgan fingerprint density at radius 1 is 1.53 bits per heavy atom. The zero-order chi connectivity index (χ0) is 11.1. The molecule has 1 fully saturated rings. The summed E-state index contributed by atoms with van der Waals surface area (Å²) in [5, 5.41) is 17.9. The van der Waals surface area contributed by atoms with E-state index in [0.717, 1.165) is 18.4 Å². The third-order valence-corrected chi connectivity index (χ3v) is 2.80. The highest BCUT2D eigenvalue weighted by Gasteiger charge is 2.45. The number of nitrogen functional groups attached to an aromatic ring is 1. The van der Waals surface area contributed by atoms with Crippen LogP contribution >= 0.6 is 0 Å². The Kier molecular flexibility index (Phi) is 1.90. The van der Waals surface area contributed by atoms with Crippen LogP contribution in [0.2, 0.25) is 0 Å². The molecule has 15 heavy (non-hydrogen) atoms. The normalized spacial score (nSPS) is 16.7. The summed E-state index contributed by atoms with van der Waals surface area (Å²) in [5.41, 5.74) is 6.15. The van der Waals surface area contributed by atoms with Crippen molar-refractivity contribution in [2.24, 2.45) is 0 Å². The summed E-state index contributed by atoms with van der Waals surface area (Å²) in [7, 11) is 0. The molecule has 0 unspecified atom stereocenters. The standard InChI is InChI=1S/C11H10N2O2/c12-6-11(3-4-11)7-1-2-9(13)8(5-7)10(14)15/h1-2,5H,3-4,13H2,(H,14,15). The highest BCUT2D eigenvalue weighted by Crippen LogP contribution is 2.47. The van der Waals surface area contributed by atoms with E-state index in [0.29, 0.717) is 0 Å². The Balaban J connectivity index is 2.49. The smallest absolute Gasteiger partial charge is 0.337 e. The molecule has 2 rings (SSSR count). The molecule has 76 valence electrons. The molecule has 1 aliphatic carbocycles. The molecule has 0 radical (unpaired) electrons. The summed E-state index contributed by atoms with van der Waals surface area (Å²) in [4.78, 5) is 10.8. The van der Waals surface area contributed by atoms with Crippen molar-refractivity contribution in [3.63, 3.8) is 0 Å². The molecule has 4 heteroatoms. The number of nitrogens with zero attached hydrogens (tertiary/aromatic N) is 1. The van der Waals surface area contributed by atoms with Crippen molar-refractivity contribution in [3.8, 4) is 6.07 Å². The molecule has 0 aliphatic heterocycles. The summed E-state index contributed by atoms with van der Waals surface area (Å²) in [6, 6.07) is 7.01. The van der Waals surface area contributed by atoms with E-state index in [-0.39, 0.29) is 11.3 Å². The van der Waals surface area contributed by atoms with Gasteiger partial charge in [-0.2, -0.15) is 5.26 Å². The van der Waals surface area contributed by atoms with Crippen LogP contribution in [0.3, 0.4) is 0 Å². The molecular formula is C11H10N2O2. The maximum absolute atomic E-state index is 10.8. The van der Waals surface area contributed by atoms with Crippen molar-refractivity contribution in [2.45, 2.75) is 18.3 Å². The molecule has 3 N–H and O–H groups in total. The predicted molar refractivity (Wildman–Crippen MR) is 54.3 cm³/mol. The van der Waals surface area contributed by atoms with Gasteiger partial charge in [0, 0.05) is 5.69 Å². The molecule has 4 nitrogen and oxygen atoms in total. The number of hydrogen-bond donors (Lipinski definition) is 2. The topological polar surface area (TPSA) is 87.1 Å². The molecule has 0 bridgehead atoms. The number of nitrogens with two attached hydrogens (primary N) is 1. The highest BCUT2D eigenvalue weighted by molar-refractivity contribution is 5.93. The molecule has 0 atom stereocenters. The van der Waals surface area contributed by atoms with E-state index in [1.165, 1.54) is 6.07 Å². The van der Waals surface area contributed by atoms with Crippen LogP contribution in [0.5, 0.6) is 0 Å². The minimum atomic E-state index is -1.05. The van der Waals surface area contributed by atoms with E-state index in [1.807, 2.05) is 0 Å². The fourth-order valence-electron chi connectivity index (χ4n) is 1.63. The van der Waals surface area contributed by atoms with Gasteiger partial charge in [0.1, 0.15) is 0 Å². The van der Waals surface area contributed by atoms with Gasteiger partial charge in [0.2, 0.25) is 0 Å². The van der Waals surface area contributed by atoms with Gasteiger partial charge in [-0.05, 0) is 30.5 Å². The molecular weight excluding hydrogens is 192 g/mol. The van der Waals surface area contributed by atoms with E-state index in [9.17, 15) is 4.79 Å². The lowest BCUT2D eigenvalue weighted by Crippen LogP contribution is -2.08. The van der Waals surface area contributed by atoms with E-state index in [2.05, 4.69) is 6.07 Å². The SMILES string of the molecule is N#CC1(c2ccc(N)c(C(=O)O)c2)CC1. The maximum Gasteiger partial charge on any atom is 0.337 e. The average molecular weight is 202 g/mol. The Morgan fingerprint density at radius 3 is 2.67 bits per heavy atom. The Bertz CT molecular complexity index is 470. The number of anilines is 1. The van der Waals surface area contributed by atoms with Crippen LogP contribution in [-0.4, -0.2) is 11.1 Å². The third kappa shape index (κ3) is 1.42. The number of hydrogen-bond acceptors (Lipinski definition) is 3. The van der Waals surface area contributed by atoms with E-state index < -0.39 is 11.4 Å². The van der Waals surface area contributed by atoms with E-state index in [1.54, 1.807) is 12.1 Å². The Morgan fingerprint density at radius 2 is 2.20 bits per heavy atom. The van der Waals surface area contributed by atoms with Crippen LogP contribution in [0, 0.1) is 11.3 Å². The lowest BCUT2D eigenvalue weighted by molar-refractivity contribution is 0.0698.